The highest BCUT2D eigenvalue weighted by Gasteiger charge is 2.09. The van der Waals surface area contributed by atoms with Gasteiger partial charge in [-0.1, -0.05) is 13.8 Å². The molecule has 1 unspecified atom stereocenters. The van der Waals surface area contributed by atoms with Gasteiger partial charge in [0.15, 0.2) is 0 Å². The van der Waals surface area contributed by atoms with Gasteiger partial charge >= 0.3 is 0 Å². The Kier molecular flexibility index (Phi) is 4.70. The second-order valence-electron chi connectivity index (χ2n) is 3.97. The van der Waals surface area contributed by atoms with E-state index in [4.69, 9.17) is 9.52 Å². The summed E-state index contributed by atoms with van der Waals surface area (Å²) in [7, 11) is 0. The lowest BCUT2D eigenvalue weighted by Crippen LogP contribution is -2.33. The largest absolute Gasteiger partial charge is 0.468 e. The van der Waals surface area contributed by atoms with Crippen LogP contribution in [-0.2, 0) is 6.54 Å². The van der Waals surface area contributed by atoms with Crippen LogP contribution in [0.4, 0.5) is 0 Å². The maximum absolute atomic E-state index is 9.11. The first-order chi connectivity index (χ1) is 6.72. The fourth-order valence-corrected chi connectivity index (χ4v) is 1.45. The second kappa shape index (κ2) is 5.83. The molecule has 14 heavy (non-hydrogen) atoms. The number of hydrogen-bond donors (Lipinski definition) is 2. The molecule has 0 radical (unpaired) electrons. The molecule has 1 aromatic rings. The Labute approximate surface area is 85.1 Å². The van der Waals surface area contributed by atoms with E-state index in [-0.39, 0.29) is 12.6 Å². The van der Waals surface area contributed by atoms with Gasteiger partial charge in [0.2, 0.25) is 0 Å². The SMILES string of the molecule is CC(C)CC(CO)NCc1ccco1. The molecule has 0 fully saturated rings. The van der Waals surface area contributed by atoms with Crippen LogP contribution in [0.3, 0.4) is 0 Å². The van der Waals surface area contributed by atoms with E-state index in [1.165, 1.54) is 0 Å². The summed E-state index contributed by atoms with van der Waals surface area (Å²) in [6.45, 7) is 5.16. The number of furan rings is 1. The van der Waals surface area contributed by atoms with E-state index in [0.717, 1.165) is 12.2 Å². The van der Waals surface area contributed by atoms with Crippen LogP contribution >= 0.6 is 0 Å². The van der Waals surface area contributed by atoms with E-state index in [1.807, 2.05) is 12.1 Å². The maximum atomic E-state index is 9.11. The summed E-state index contributed by atoms with van der Waals surface area (Å²) in [5, 5.41) is 12.4. The molecular weight excluding hydrogens is 178 g/mol. The molecule has 0 amide bonds. The zero-order chi connectivity index (χ0) is 10.4. The van der Waals surface area contributed by atoms with Crippen molar-refractivity contribution in [3.63, 3.8) is 0 Å². The van der Waals surface area contributed by atoms with Crippen LogP contribution in [0.2, 0.25) is 0 Å². The Morgan fingerprint density at radius 1 is 1.50 bits per heavy atom. The minimum atomic E-state index is 0.167. The highest BCUT2D eigenvalue weighted by atomic mass is 16.3. The fraction of sp³-hybridized carbons (Fsp3) is 0.636. The van der Waals surface area contributed by atoms with E-state index in [0.29, 0.717) is 12.5 Å². The van der Waals surface area contributed by atoms with Gasteiger partial charge < -0.3 is 14.8 Å². The van der Waals surface area contributed by atoms with Crippen molar-refractivity contribution in [3.8, 4) is 0 Å². The Morgan fingerprint density at radius 3 is 2.79 bits per heavy atom. The number of rotatable bonds is 6. The lowest BCUT2D eigenvalue weighted by Gasteiger charge is -2.17. The third kappa shape index (κ3) is 3.94. The molecule has 0 aliphatic heterocycles. The molecule has 80 valence electrons. The molecule has 0 aliphatic rings. The second-order valence-corrected chi connectivity index (χ2v) is 3.97. The third-order valence-electron chi connectivity index (χ3n) is 2.12. The maximum Gasteiger partial charge on any atom is 0.117 e. The summed E-state index contributed by atoms with van der Waals surface area (Å²) in [5.74, 6) is 1.50. The van der Waals surface area contributed by atoms with Crippen molar-refractivity contribution in [3.05, 3.63) is 24.2 Å². The zero-order valence-corrected chi connectivity index (χ0v) is 8.86. The van der Waals surface area contributed by atoms with Gasteiger partial charge in [-0.25, -0.2) is 0 Å². The quantitative estimate of drug-likeness (QED) is 0.730. The normalized spacial score (nSPS) is 13.4. The number of aliphatic hydroxyl groups excluding tert-OH is 1. The van der Waals surface area contributed by atoms with Gasteiger partial charge in [0.25, 0.3) is 0 Å². The standard InChI is InChI=1S/C11H19NO2/c1-9(2)6-10(8-13)12-7-11-4-3-5-14-11/h3-5,9-10,12-13H,6-8H2,1-2H3. The topological polar surface area (TPSA) is 45.4 Å². The van der Waals surface area contributed by atoms with Crippen LogP contribution < -0.4 is 5.32 Å². The molecule has 1 atom stereocenters. The fourth-order valence-electron chi connectivity index (χ4n) is 1.45. The van der Waals surface area contributed by atoms with E-state index >= 15 is 0 Å². The van der Waals surface area contributed by atoms with Gasteiger partial charge in [-0.05, 0) is 24.5 Å². The first-order valence-electron chi connectivity index (χ1n) is 5.09. The molecule has 0 spiro atoms. The molecular formula is C11H19NO2. The zero-order valence-electron chi connectivity index (χ0n) is 8.86. The van der Waals surface area contributed by atoms with E-state index in [2.05, 4.69) is 19.2 Å². The van der Waals surface area contributed by atoms with Crippen molar-refractivity contribution < 1.29 is 9.52 Å². The van der Waals surface area contributed by atoms with Crippen molar-refractivity contribution in [2.45, 2.75) is 32.9 Å². The van der Waals surface area contributed by atoms with Gasteiger partial charge in [0.05, 0.1) is 19.4 Å². The van der Waals surface area contributed by atoms with E-state index < -0.39 is 0 Å². The van der Waals surface area contributed by atoms with Crippen molar-refractivity contribution in [2.24, 2.45) is 5.92 Å². The Bertz CT molecular complexity index is 231. The molecule has 0 aliphatic carbocycles. The average Bonchev–Trinajstić information content (AvgIpc) is 2.64. The summed E-state index contributed by atoms with van der Waals surface area (Å²) in [6.07, 6.45) is 2.64. The molecule has 0 bridgehead atoms. The van der Waals surface area contributed by atoms with Crippen molar-refractivity contribution in [2.75, 3.05) is 6.61 Å². The first kappa shape index (κ1) is 11.3. The lowest BCUT2D eigenvalue weighted by molar-refractivity contribution is 0.221. The van der Waals surface area contributed by atoms with Gasteiger partial charge in [-0.2, -0.15) is 0 Å². The summed E-state index contributed by atoms with van der Waals surface area (Å²) in [5.41, 5.74) is 0. The van der Waals surface area contributed by atoms with Crippen LogP contribution in [0.15, 0.2) is 22.8 Å². The predicted molar refractivity (Wildman–Crippen MR) is 55.9 cm³/mol. The van der Waals surface area contributed by atoms with E-state index in [9.17, 15) is 0 Å². The molecule has 0 saturated carbocycles. The molecule has 0 saturated heterocycles. The molecule has 3 heteroatoms. The summed E-state index contributed by atoms with van der Waals surface area (Å²) < 4.78 is 5.19. The number of aliphatic hydroxyl groups is 1. The highest BCUT2D eigenvalue weighted by molar-refractivity contribution is 4.97. The third-order valence-corrected chi connectivity index (χ3v) is 2.12. The van der Waals surface area contributed by atoms with Crippen molar-refractivity contribution >= 4 is 0 Å². The van der Waals surface area contributed by atoms with Crippen LogP contribution in [-0.4, -0.2) is 17.8 Å². The van der Waals surface area contributed by atoms with Crippen LogP contribution in [0.1, 0.15) is 26.0 Å². The Morgan fingerprint density at radius 2 is 2.29 bits per heavy atom. The van der Waals surface area contributed by atoms with E-state index in [1.54, 1.807) is 6.26 Å². The predicted octanol–water partition coefficient (Wildman–Crippen LogP) is 1.78. The molecule has 3 nitrogen and oxygen atoms in total. The summed E-state index contributed by atoms with van der Waals surface area (Å²) in [6, 6.07) is 3.96. The van der Waals surface area contributed by atoms with Crippen LogP contribution in [0.5, 0.6) is 0 Å². The lowest BCUT2D eigenvalue weighted by atomic mass is 10.0. The smallest absolute Gasteiger partial charge is 0.117 e. The monoisotopic (exact) mass is 197 g/mol. The Hall–Kier alpha value is -0.800. The molecule has 0 aromatic carbocycles. The summed E-state index contributed by atoms with van der Waals surface area (Å²) in [4.78, 5) is 0. The van der Waals surface area contributed by atoms with Gasteiger partial charge in [-0.3, -0.25) is 0 Å². The van der Waals surface area contributed by atoms with Crippen LogP contribution in [0, 0.1) is 5.92 Å². The average molecular weight is 197 g/mol. The molecule has 1 aromatic heterocycles. The van der Waals surface area contributed by atoms with Gasteiger partial charge in [0.1, 0.15) is 5.76 Å². The van der Waals surface area contributed by atoms with Crippen molar-refractivity contribution in [1.82, 2.24) is 5.32 Å². The molecule has 2 N–H and O–H groups in total. The minimum absolute atomic E-state index is 0.167. The van der Waals surface area contributed by atoms with Crippen molar-refractivity contribution in [1.29, 1.82) is 0 Å². The molecule has 1 rings (SSSR count). The number of hydrogen-bond acceptors (Lipinski definition) is 3. The van der Waals surface area contributed by atoms with Gasteiger partial charge in [-0.15, -0.1) is 0 Å². The molecule has 1 heterocycles. The summed E-state index contributed by atoms with van der Waals surface area (Å²) >= 11 is 0. The highest BCUT2D eigenvalue weighted by Crippen LogP contribution is 2.06. The Balaban J connectivity index is 2.27. The van der Waals surface area contributed by atoms with Gasteiger partial charge in [0, 0.05) is 6.04 Å². The first-order valence-corrected chi connectivity index (χ1v) is 5.09. The minimum Gasteiger partial charge on any atom is -0.468 e. The number of nitrogens with one attached hydrogen (secondary N) is 1. The van der Waals surface area contributed by atoms with Crippen LogP contribution in [0.25, 0.3) is 0 Å².